The first kappa shape index (κ1) is 15.0. The minimum atomic E-state index is 0.111. The molecule has 0 spiro atoms. The molecule has 20 heavy (non-hydrogen) atoms. The smallest absolute Gasteiger partial charge is 0.146 e. The Morgan fingerprint density at radius 1 is 1.35 bits per heavy atom. The Morgan fingerprint density at radius 3 is 2.75 bits per heavy atom. The van der Waals surface area contributed by atoms with Gasteiger partial charge in [-0.1, -0.05) is 6.07 Å². The molecule has 0 saturated carbocycles. The van der Waals surface area contributed by atoms with Gasteiger partial charge in [0.05, 0.1) is 12.7 Å². The van der Waals surface area contributed by atoms with Crippen molar-refractivity contribution in [1.29, 1.82) is 0 Å². The molecule has 1 aromatic carbocycles. The number of ether oxygens (including phenoxy) is 2. The zero-order valence-corrected chi connectivity index (χ0v) is 12.8. The fourth-order valence-corrected chi connectivity index (χ4v) is 2.66. The predicted octanol–water partition coefficient (Wildman–Crippen LogP) is 2.92. The molecule has 0 aromatic heterocycles. The average molecular weight is 278 g/mol. The van der Waals surface area contributed by atoms with Gasteiger partial charge in [0.2, 0.25) is 0 Å². The summed E-state index contributed by atoms with van der Waals surface area (Å²) in [7, 11) is 2.18. The van der Waals surface area contributed by atoms with Crippen molar-refractivity contribution in [2.45, 2.75) is 45.3 Å². The van der Waals surface area contributed by atoms with Crippen LogP contribution in [0, 0.1) is 0 Å². The van der Waals surface area contributed by atoms with Gasteiger partial charge in [0.15, 0.2) is 0 Å². The van der Waals surface area contributed by atoms with Crippen LogP contribution in [0.1, 0.15) is 33.1 Å². The Morgan fingerprint density at radius 2 is 2.10 bits per heavy atom. The molecular formula is C16H26N2O2. The highest BCUT2D eigenvalue weighted by Crippen LogP contribution is 2.32. The highest BCUT2D eigenvalue weighted by atomic mass is 16.5. The molecule has 1 aromatic rings. The summed E-state index contributed by atoms with van der Waals surface area (Å²) >= 11 is 0. The van der Waals surface area contributed by atoms with Gasteiger partial charge in [-0.05, 0) is 58.8 Å². The molecule has 112 valence electrons. The van der Waals surface area contributed by atoms with Crippen LogP contribution in [-0.2, 0) is 0 Å². The molecule has 0 aliphatic carbocycles. The average Bonchev–Trinajstić information content (AvgIpc) is 2.79. The van der Waals surface area contributed by atoms with E-state index < -0.39 is 0 Å². The molecule has 1 fully saturated rings. The fraction of sp³-hybridized carbons (Fsp3) is 0.625. The summed E-state index contributed by atoms with van der Waals surface area (Å²) in [6.45, 7) is 5.88. The van der Waals surface area contributed by atoms with Crippen molar-refractivity contribution in [1.82, 2.24) is 4.90 Å². The number of rotatable bonds is 6. The third-order valence-electron chi connectivity index (χ3n) is 3.77. The Balaban J connectivity index is 1.89. The molecule has 1 atom stereocenters. The van der Waals surface area contributed by atoms with Gasteiger partial charge in [0, 0.05) is 6.04 Å². The zero-order chi connectivity index (χ0) is 14.5. The largest absolute Gasteiger partial charge is 0.491 e. The highest BCUT2D eigenvalue weighted by molar-refractivity contribution is 5.62. The van der Waals surface area contributed by atoms with Crippen LogP contribution in [0.4, 0.5) is 5.69 Å². The van der Waals surface area contributed by atoms with E-state index in [9.17, 15) is 0 Å². The van der Waals surface area contributed by atoms with Crippen LogP contribution >= 0.6 is 0 Å². The Labute approximate surface area is 121 Å². The lowest BCUT2D eigenvalue weighted by atomic mass is 10.1. The Kier molecular flexibility index (Phi) is 5.12. The molecular weight excluding hydrogens is 252 g/mol. The van der Waals surface area contributed by atoms with Crippen molar-refractivity contribution in [3.63, 3.8) is 0 Å². The normalized spacial score (nSPS) is 19.5. The van der Waals surface area contributed by atoms with Gasteiger partial charge in [-0.15, -0.1) is 0 Å². The van der Waals surface area contributed by atoms with Gasteiger partial charge in [0.1, 0.15) is 17.2 Å². The molecule has 1 saturated heterocycles. The summed E-state index contributed by atoms with van der Waals surface area (Å²) in [4.78, 5) is 2.41. The second kappa shape index (κ2) is 6.84. The summed E-state index contributed by atoms with van der Waals surface area (Å²) < 4.78 is 11.5. The maximum Gasteiger partial charge on any atom is 0.146 e. The number of nitrogens with two attached hydrogens (primary N) is 1. The minimum absolute atomic E-state index is 0.111. The molecule has 1 heterocycles. The molecule has 1 unspecified atom stereocenters. The summed E-state index contributed by atoms with van der Waals surface area (Å²) in [5, 5.41) is 0. The predicted molar refractivity (Wildman–Crippen MR) is 82.4 cm³/mol. The lowest BCUT2D eigenvalue weighted by molar-refractivity contribution is 0.229. The summed E-state index contributed by atoms with van der Waals surface area (Å²) in [5.41, 5.74) is 6.69. The van der Waals surface area contributed by atoms with Crippen molar-refractivity contribution in [2.24, 2.45) is 0 Å². The van der Waals surface area contributed by atoms with Crippen LogP contribution in [0.2, 0.25) is 0 Å². The van der Waals surface area contributed by atoms with Crippen LogP contribution < -0.4 is 15.2 Å². The maximum atomic E-state index is 6.09. The Bertz CT molecular complexity index is 434. The van der Waals surface area contributed by atoms with Crippen molar-refractivity contribution >= 4 is 5.69 Å². The van der Waals surface area contributed by atoms with Crippen LogP contribution in [0.15, 0.2) is 18.2 Å². The highest BCUT2D eigenvalue weighted by Gasteiger charge is 2.20. The van der Waals surface area contributed by atoms with E-state index in [0.29, 0.717) is 24.1 Å². The molecule has 4 nitrogen and oxygen atoms in total. The molecule has 2 rings (SSSR count). The first-order valence-electron chi connectivity index (χ1n) is 7.46. The number of hydrogen-bond acceptors (Lipinski definition) is 4. The first-order valence-corrected chi connectivity index (χ1v) is 7.46. The zero-order valence-electron chi connectivity index (χ0n) is 12.8. The van der Waals surface area contributed by atoms with Crippen LogP contribution in [0.25, 0.3) is 0 Å². The van der Waals surface area contributed by atoms with E-state index in [0.717, 1.165) is 12.2 Å². The second-order valence-electron chi connectivity index (χ2n) is 5.75. The summed E-state index contributed by atoms with van der Waals surface area (Å²) in [5.74, 6) is 1.43. The molecule has 0 bridgehead atoms. The lowest BCUT2D eigenvalue weighted by Crippen LogP contribution is -2.26. The number of benzene rings is 1. The van der Waals surface area contributed by atoms with Gasteiger partial charge in [0.25, 0.3) is 0 Å². The second-order valence-corrected chi connectivity index (χ2v) is 5.75. The minimum Gasteiger partial charge on any atom is -0.491 e. The monoisotopic (exact) mass is 278 g/mol. The van der Waals surface area contributed by atoms with Gasteiger partial charge >= 0.3 is 0 Å². The quantitative estimate of drug-likeness (QED) is 0.813. The van der Waals surface area contributed by atoms with Gasteiger partial charge in [-0.2, -0.15) is 0 Å². The molecule has 2 N–H and O–H groups in total. The van der Waals surface area contributed by atoms with Crippen LogP contribution in [-0.4, -0.2) is 37.2 Å². The van der Waals surface area contributed by atoms with Crippen molar-refractivity contribution < 1.29 is 9.47 Å². The van der Waals surface area contributed by atoms with E-state index in [1.165, 1.54) is 19.4 Å². The van der Waals surface area contributed by atoms with E-state index in [4.69, 9.17) is 15.2 Å². The molecule has 0 radical (unpaired) electrons. The molecule has 4 heteroatoms. The SMILES string of the molecule is CC(C)Oc1cccc(OCCC2CCCN2C)c1N. The van der Waals surface area contributed by atoms with Crippen LogP contribution in [0.5, 0.6) is 11.5 Å². The van der Waals surface area contributed by atoms with E-state index >= 15 is 0 Å². The molecule has 0 amide bonds. The van der Waals surface area contributed by atoms with Crippen molar-refractivity contribution in [3.8, 4) is 11.5 Å². The third-order valence-corrected chi connectivity index (χ3v) is 3.77. The van der Waals surface area contributed by atoms with E-state index in [-0.39, 0.29) is 6.10 Å². The maximum absolute atomic E-state index is 6.09. The number of anilines is 1. The Hall–Kier alpha value is -1.42. The van der Waals surface area contributed by atoms with E-state index in [1.54, 1.807) is 0 Å². The van der Waals surface area contributed by atoms with Gasteiger partial charge in [-0.3, -0.25) is 0 Å². The number of nitrogens with zero attached hydrogens (tertiary/aromatic N) is 1. The van der Waals surface area contributed by atoms with Gasteiger partial charge in [-0.25, -0.2) is 0 Å². The van der Waals surface area contributed by atoms with Crippen molar-refractivity contribution in [2.75, 3.05) is 25.9 Å². The standard InChI is InChI=1S/C16H26N2O2/c1-12(2)20-15-8-4-7-14(16(15)17)19-11-9-13-6-5-10-18(13)3/h4,7-8,12-13H,5-6,9-11,17H2,1-3H3. The van der Waals surface area contributed by atoms with E-state index in [2.05, 4.69) is 11.9 Å². The third kappa shape index (κ3) is 3.79. The lowest BCUT2D eigenvalue weighted by Gasteiger charge is -2.20. The van der Waals surface area contributed by atoms with Crippen LogP contribution in [0.3, 0.4) is 0 Å². The number of nitrogen functional groups attached to an aromatic ring is 1. The number of hydrogen-bond donors (Lipinski definition) is 1. The first-order chi connectivity index (χ1) is 9.58. The summed E-state index contributed by atoms with van der Waals surface area (Å²) in [6.07, 6.45) is 3.72. The number of para-hydroxylation sites is 1. The van der Waals surface area contributed by atoms with Crippen molar-refractivity contribution in [3.05, 3.63) is 18.2 Å². The number of likely N-dealkylation sites (tertiary alicyclic amines) is 1. The fourth-order valence-electron chi connectivity index (χ4n) is 2.66. The van der Waals surface area contributed by atoms with Gasteiger partial charge < -0.3 is 20.1 Å². The molecule has 1 aliphatic heterocycles. The molecule has 1 aliphatic rings. The topological polar surface area (TPSA) is 47.7 Å². The summed E-state index contributed by atoms with van der Waals surface area (Å²) in [6, 6.07) is 6.35. The van der Waals surface area contributed by atoms with E-state index in [1.807, 2.05) is 32.0 Å².